The largest absolute Gasteiger partial charge is 0.492 e. The number of hydrogen-bond acceptors (Lipinski definition) is 5. The Morgan fingerprint density at radius 1 is 1.10 bits per heavy atom. The van der Waals surface area contributed by atoms with Crippen LogP contribution in [0.15, 0.2) is 41.3 Å². The molecule has 2 rings (SSSR count). The van der Waals surface area contributed by atoms with Crippen LogP contribution in [-0.4, -0.2) is 34.6 Å². The van der Waals surface area contributed by atoms with E-state index in [1.165, 1.54) is 19.2 Å². The van der Waals surface area contributed by atoms with Crippen molar-refractivity contribution in [3.63, 3.8) is 0 Å². The number of ether oxygens (including phenoxy) is 2. The molecule has 0 atom stereocenters. The number of aryl methyl sites for hydroxylation is 1. The summed E-state index contributed by atoms with van der Waals surface area (Å²) >= 11 is 0. The van der Waals surface area contributed by atoms with Crippen LogP contribution in [0.2, 0.25) is 0 Å². The predicted molar refractivity (Wildman–Crippen MR) is 99.4 cm³/mol. The average Bonchev–Trinajstić information content (AvgIpc) is 2.66. The fourth-order valence-electron chi connectivity index (χ4n) is 2.47. The monoisotopic (exact) mass is 431 g/mol. The summed E-state index contributed by atoms with van der Waals surface area (Å²) in [5, 5.41) is 0. The third-order valence-electron chi connectivity index (χ3n) is 4.20. The van der Waals surface area contributed by atoms with E-state index in [0.29, 0.717) is 11.1 Å². The maximum absolute atomic E-state index is 12.5. The van der Waals surface area contributed by atoms with E-state index in [1.54, 1.807) is 13.8 Å². The average molecular weight is 431 g/mol. The lowest BCUT2D eigenvalue weighted by molar-refractivity contribution is -0.137. The number of rotatable bonds is 7. The molecule has 158 valence electrons. The van der Waals surface area contributed by atoms with Gasteiger partial charge < -0.3 is 9.47 Å². The Morgan fingerprint density at radius 3 is 2.28 bits per heavy atom. The van der Waals surface area contributed by atoms with E-state index in [4.69, 9.17) is 4.74 Å². The summed E-state index contributed by atoms with van der Waals surface area (Å²) in [6, 6.07) is 6.73. The van der Waals surface area contributed by atoms with Gasteiger partial charge in [0.2, 0.25) is 10.0 Å². The number of carbonyl (C=O) groups excluding carboxylic acids is 1. The molecule has 2 aromatic carbocycles. The molecule has 0 aromatic heterocycles. The van der Waals surface area contributed by atoms with E-state index in [9.17, 15) is 26.4 Å². The van der Waals surface area contributed by atoms with Gasteiger partial charge >= 0.3 is 12.1 Å². The van der Waals surface area contributed by atoms with Gasteiger partial charge in [-0.2, -0.15) is 13.2 Å². The Balaban J connectivity index is 2.02. The molecule has 10 heteroatoms. The molecule has 2 aromatic rings. The number of benzene rings is 2. The van der Waals surface area contributed by atoms with E-state index >= 15 is 0 Å². The minimum Gasteiger partial charge on any atom is -0.492 e. The van der Waals surface area contributed by atoms with Crippen LogP contribution in [0.3, 0.4) is 0 Å². The van der Waals surface area contributed by atoms with Crippen molar-refractivity contribution in [3.8, 4) is 5.75 Å². The molecule has 0 amide bonds. The lowest BCUT2D eigenvalue weighted by Crippen LogP contribution is -2.28. The number of alkyl halides is 3. The van der Waals surface area contributed by atoms with Crippen LogP contribution in [0, 0.1) is 13.8 Å². The Labute approximate surface area is 166 Å². The van der Waals surface area contributed by atoms with E-state index in [0.717, 1.165) is 24.3 Å². The fourth-order valence-corrected chi connectivity index (χ4v) is 3.60. The highest BCUT2D eigenvalue weighted by Gasteiger charge is 2.30. The zero-order chi connectivity index (χ0) is 21.8. The second kappa shape index (κ2) is 8.83. The number of halogens is 3. The Kier molecular flexibility index (Phi) is 6.91. The number of nitrogens with one attached hydrogen (secondary N) is 1. The summed E-state index contributed by atoms with van der Waals surface area (Å²) in [7, 11) is -2.73. The molecule has 0 unspecified atom stereocenters. The molecule has 29 heavy (non-hydrogen) atoms. The summed E-state index contributed by atoms with van der Waals surface area (Å²) in [5.41, 5.74) is 0.561. The number of carbonyl (C=O) groups is 1. The van der Waals surface area contributed by atoms with Gasteiger partial charge in [-0.15, -0.1) is 0 Å². The molecule has 0 saturated carbocycles. The lowest BCUT2D eigenvalue weighted by atomic mass is 10.0. The fraction of sp³-hybridized carbons (Fsp3) is 0.316. The number of esters is 1. The van der Waals surface area contributed by atoms with Gasteiger partial charge in [0.15, 0.2) is 0 Å². The summed E-state index contributed by atoms with van der Waals surface area (Å²) in [6.07, 6.45) is -4.44. The predicted octanol–water partition coefficient (Wildman–Crippen LogP) is 3.47. The van der Waals surface area contributed by atoms with Gasteiger partial charge in [-0.25, -0.2) is 17.9 Å². The smallest absolute Gasteiger partial charge is 0.416 e. The molecule has 0 spiro atoms. The van der Waals surface area contributed by atoms with Crippen molar-refractivity contribution >= 4 is 16.0 Å². The number of sulfonamides is 1. The van der Waals surface area contributed by atoms with Crippen LogP contribution < -0.4 is 9.46 Å². The van der Waals surface area contributed by atoms with Crippen LogP contribution in [0.25, 0.3) is 0 Å². The van der Waals surface area contributed by atoms with Crippen molar-refractivity contribution in [1.82, 2.24) is 4.72 Å². The first-order chi connectivity index (χ1) is 13.5. The molecular weight excluding hydrogens is 411 g/mol. The zero-order valence-electron chi connectivity index (χ0n) is 16.0. The highest BCUT2D eigenvalue weighted by Crippen LogP contribution is 2.30. The Hall–Kier alpha value is -2.59. The zero-order valence-corrected chi connectivity index (χ0v) is 16.8. The van der Waals surface area contributed by atoms with Gasteiger partial charge in [0.1, 0.15) is 12.4 Å². The molecule has 0 fully saturated rings. The van der Waals surface area contributed by atoms with Crippen molar-refractivity contribution < 1.29 is 35.9 Å². The molecule has 0 heterocycles. The summed E-state index contributed by atoms with van der Waals surface area (Å²) in [5.74, 6) is -0.468. The van der Waals surface area contributed by atoms with Crippen LogP contribution in [0.1, 0.15) is 27.0 Å². The van der Waals surface area contributed by atoms with Gasteiger partial charge in [0.05, 0.1) is 23.1 Å². The second-order valence-electron chi connectivity index (χ2n) is 6.17. The third kappa shape index (κ3) is 5.70. The van der Waals surface area contributed by atoms with Crippen LogP contribution in [0.5, 0.6) is 5.75 Å². The van der Waals surface area contributed by atoms with Crippen LogP contribution >= 0.6 is 0 Å². The molecule has 0 aliphatic heterocycles. The Bertz CT molecular complexity index is 986. The summed E-state index contributed by atoms with van der Waals surface area (Å²) in [4.78, 5) is 11.7. The Morgan fingerprint density at radius 2 is 1.72 bits per heavy atom. The standard InChI is InChI=1S/C19H20F3NO5S/c1-12-10-16(11-17(13(12)2)18(24)27-3)29(25,26)23-8-9-28-15-6-4-14(5-7-15)19(20,21)22/h4-7,10-11,23H,8-9H2,1-3H3. The molecule has 0 bridgehead atoms. The number of methoxy groups -OCH3 is 1. The molecule has 0 radical (unpaired) electrons. The minimum absolute atomic E-state index is 0.0979. The first kappa shape index (κ1) is 22.7. The first-order valence-electron chi connectivity index (χ1n) is 8.45. The third-order valence-corrected chi connectivity index (χ3v) is 5.64. The van der Waals surface area contributed by atoms with E-state index < -0.39 is 27.7 Å². The van der Waals surface area contributed by atoms with E-state index in [1.807, 2.05) is 0 Å². The van der Waals surface area contributed by atoms with Gasteiger partial charge in [-0.05, 0) is 61.4 Å². The minimum atomic E-state index is -4.44. The molecule has 0 saturated heterocycles. The number of hydrogen-bond donors (Lipinski definition) is 1. The molecule has 0 aliphatic carbocycles. The molecule has 0 aliphatic rings. The quantitative estimate of drug-likeness (QED) is 0.536. The maximum Gasteiger partial charge on any atom is 0.416 e. The summed E-state index contributed by atoms with van der Waals surface area (Å²) < 4.78 is 74.8. The van der Waals surface area contributed by atoms with Crippen LogP contribution in [-0.2, 0) is 20.9 Å². The van der Waals surface area contributed by atoms with Gasteiger partial charge in [-0.3, -0.25) is 0 Å². The highest BCUT2D eigenvalue weighted by atomic mass is 32.2. The van der Waals surface area contributed by atoms with Gasteiger partial charge in [-0.1, -0.05) is 0 Å². The van der Waals surface area contributed by atoms with Crippen molar-refractivity contribution in [1.29, 1.82) is 0 Å². The van der Waals surface area contributed by atoms with Crippen molar-refractivity contribution in [3.05, 3.63) is 58.7 Å². The SMILES string of the molecule is COC(=O)c1cc(S(=O)(=O)NCCOc2ccc(C(F)(F)F)cc2)cc(C)c1C. The first-order valence-corrected chi connectivity index (χ1v) is 9.93. The second-order valence-corrected chi connectivity index (χ2v) is 7.94. The highest BCUT2D eigenvalue weighted by molar-refractivity contribution is 7.89. The molecule has 1 N–H and O–H groups in total. The van der Waals surface area contributed by atoms with E-state index in [-0.39, 0.29) is 29.4 Å². The normalized spacial score (nSPS) is 11.9. The lowest BCUT2D eigenvalue weighted by Gasteiger charge is -2.13. The van der Waals surface area contributed by atoms with Crippen molar-refractivity contribution in [2.24, 2.45) is 0 Å². The molecule has 6 nitrogen and oxygen atoms in total. The maximum atomic E-state index is 12.5. The van der Waals surface area contributed by atoms with E-state index in [2.05, 4.69) is 9.46 Å². The van der Waals surface area contributed by atoms with Gasteiger partial charge in [0.25, 0.3) is 0 Å². The van der Waals surface area contributed by atoms with Crippen molar-refractivity contribution in [2.45, 2.75) is 24.9 Å². The topological polar surface area (TPSA) is 81.7 Å². The van der Waals surface area contributed by atoms with Crippen LogP contribution in [0.4, 0.5) is 13.2 Å². The molecular formula is C19H20F3NO5S. The van der Waals surface area contributed by atoms with Gasteiger partial charge in [0, 0.05) is 6.54 Å². The summed E-state index contributed by atoms with van der Waals surface area (Å²) in [6.45, 7) is 3.14. The van der Waals surface area contributed by atoms with Crippen molar-refractivity contribution in [2.75, 3.05) is 20.3 Å².